The summed E-state index contributed by atoms with van der Waals surface area (Å²) in [5.74, 6) is 0.438. The average Bonchev–Trinajstić information content (AvgIpc) is 2.35. The molecular formula is C12H12BrCl2F3O2. The molecule has 0 saturated heterocycles. The lowest BCUT2D eigenvalue weighted by Crippen LogP contribution is -2.17. The van der Waals surface area contributed by atoms with E-state index in [0.717, 1.165) is 0 Å². The summed E-state index contributed by atoms with van der Waals surface area (Å²) in [6, 6.07) is 3.18. The molecule has 0 aliphatic heterocycles. The lowest BCUT2D eigenvalue weighted by Gasteiger charge is -2.15. The Kier molecular flexibility index (Phi) is 6.91. The van der Waals surface area contributed by atoms with Gasteiger partial charge in [-0.3, -0.25) is 0 Å². The fourth-order valence-corrected chi connectivity index (χ4v) is 2.70. The van der Waals surface area contributed by atoms with E-state index in [4.69, 9.17) is 27.9 Å². The Morgan fingerprint density at radius 3 is 2.45 bits per heavy atom. The average molecular weight is 396 g/mol. The molecule has 0 fully saturated rings. The second kappa shape index (κ2) is 7.73. The molecule has 0 aliphatic rings. The Morgan fingerprint density at radius 2 is 1.90 bits per heavy atom. The second-order valence-electron chi connectivity index (χ2n) is 3.93. The van der Waals surface area contributed by atoms with Crippen molar-refractivity contribution in [1.29, 1.82) is 0 Å². The molecule has 0 spiro atoms. The van der Waals surface area contributed by atoms with Crippen molar-refractivity contribution >= 4 is 39.1 Å². The zero-order chi connectivity index (χ0) is 15.3. The van der Waals surface area contributed by atoms with Gasteiger partial charge in [-0.25, -0.2) is 0 Å². The van der Waals surface area contributed by atoms with E-state index in [1.54, 1.807) is 12.1 Å². The van der Waals surface area contributed by atoms with Crippen molar-refractivity contribution in [3.63, 3.8) is 0 Å². The van der Waals surface area contributed by atoms with Crippen LogP contribution in [0.1, 0.15) is 16.8 Å². The number of alkyl halides is 4. The number of rotatable bonds is 6. The molecule has 1 atom stereocenters. The molecule has 2 nitrogen and oxygen atoms in total. The van der Waals surface area contributed by atoms with Crippen molar-refractivity contribution in [1.82, 2.24) is 0 Å². The lowest BCUT2D eigenvalue weighted by molar-refractivity contribution is -0.174. The molecule has 0 saturated carbocycles. The Balaban J connectivity index is 2.59. The highest BCUT2D eigenvalue weighted by atomic mass is 79.9. The number of hydrogen-bond donors (Lipinski definition) is 0. The minimum atomic E-state index is -4.32. The molecule has 0 amide bonds. The molecule has 20 heavy (non-hydrogen) atoms. The Morgan fingerprint density at radius 1 is 1.25 bits per heavy atom. The third-order valence-corrected chi connectivity index (χ3v) is 3.96. The Bertz CT molecular complexity index is 455. The zero-order valence-corrected chi connectivity index (χ0v) is 13.5. The predicted octanol–water partition coefficient (Wildman–Crippen LogP) is 5.41. The third kappa shape index (κ3) is 5.68. The Labute approximate surface area is 133 Å². The van der Waals surface area contributed by atoms with E-state index in [2.05, 4.69) is 20.7 Å². The summed E-state index contributed by atoms with van der Waals surface area (Å²) in [7, 11) is 1.47. The van der Waals surface area contributed by atoms with Gasteiger partial charge in [0.1, 0.15) is 12.4 Å². The van der Waals surface area contributed by atoms with Crippen LogP contribution in [0.15, 0.2) is 12.1 Å². The molecule has 1 rings (SSSR count). The maximum Gasteiger partial charge on any atom is 0.411 e. The quantitative estimate of drug-likeness (QED) is 0.473. The largest absolute Gasteiger partial charge is 0.495 e. The van der Waals surface area contributed by atoms with Crippen molar-refractivity contribution in [3.05, 3.63) is 27.7 Å². The molecular weight excluding hydrogens is 384 g/mol. The van der Waals surface area contributed by atoms with Gasteiger partial charge in [-0.2, -0.15) is 13.2 Å². The summed E-state index contributed by atoms with van der Waals surface area (Å²) in [6.07, 6.45) is -3.98. The topological polar surface area (TPSA) is 18.5 Å². The van der Waals surface area contributed by atoms with Gasteiger partial charge in [0.25, 0.3) is 0 Å². The van der Waals surface area contributed by atoms with E-state index in [1.165, 1.54) is 7.11 Å². The van der Waals surface area contributed by atoms with E-state index in [-0.39, 0.29) is 11.4 Å². The number of ether oxygens (including phenoxy) is 2. The normalized spacial score (nSPS) is 13.3. The van der Waals surface area contributed by atoms with E-state index in [9.17, 15) is 13.2 Å². The number of benzene rings is 1. The summed E-state index contributed by atoms with van der Waals surface area (Å²) in [6.45, 7) is -1.31. The van der Waals surface area contributed by atoms with Crippen LogP contribution in [-0.4, -0.2) is 26.5 Å². The van der Waals surface area contributed by atoms with E-state index in [1.807, 2.05) is 0 Å². The Hall–Kier alpha value is -0.170. The van der Waals surface area contributed by atoms with Crippen LogP contribution in [0.3, 0.4) is 0 Å². The van der Waals surface area contributed by atoms with Gasteiger partial charge in [0.15, 0.2) is 0 Å². The number of halogens is 6. The van der Waals surface area contributed by atoms with Crippen LogP contribution >= 0.6 is 39.1 Å². The highest BCUT2D eigenvalue weighted by Crippen LogP contribution is 2.38. The fourth-order valence-electron chi connectivity index (χ4n) is 1.47. The molecule has 0 aliphatic carbocycles. The smallest absolute Gasteiger partial charge is 0.411 e. The summed E-state index contributed by atoms with van der Waals surface area (Å²) in [4.78, 5) is -0.258. The van der Waals surface area contributed by atoms with E-state index < -0.39 is 12.8 Å². The maximum atomic E-state index is 11.9. The highest BCUT2D eigenvalue weighted by molar-refractivity contribution is 9.09. The summed E-state index contributed by atoms with van der Waals surface area (Å²) in [5, 5.41) is 0.802. The molecule has 1 aromatic carbocycles. The van der Waals surface area contributed by atoms with Crippen LogP contribution < -0.4 is 4.74 Å². The minimum Gasteiger partial charge on any atom is -0.495 e. The molecule has 0 N–H and O–H groups in total. The molecule has 0 heterocycles. The first-order valence-corrected chi connectivity index (χ1v) is 7.23. The first-order chi connectivity index (χ1) is 9.24. The standard InChI is InChI=1S/C12H12BrCl2F3O2/c1-19-11-5-9(14)7(4-10(11)15)8(13)2-3-20-6-12(16,17)18/h4-5,8H,2-3,6H2,1H3. The van der Waals surface area contributed by atoms with Gasteiger partial charge in [-0.15, -0.1) is 0 Å². The van der Waals surface area contributed by atoms with Gasteiger partial charge in [-0.1, -0.05) is 39.1 Å². The SMILES string of the molecule is COc1cc(Cl)c(C(Br)CCOCC(F)(F)F)cc1Cl. The van der Waals surface area contributed by atoms with Crippen molar-refractivity contribution in [2.75, 3.05) is 20.3 Å². The molecule has 0 aromatic heterocycles. The predicted molar refractivity (Wildman–Crippen MR) is 76.2 cm³/mol. The van der Waals surface area contributed by atoms with Crippen molar-refractivity contribution < 1.29 is 22.6 Å². The third-order valence-electron chi connectivity index (χ3n) is 2.39. The monoisotopic (exact) mass is 394 g/mol. The van der Waals surface area contributed by atoms with Gasteiger partial charge in [-0.05, 0) is 18.1 Å². The summed E-state index contributed by atoms with van der Waals surface area (Å²) in [5.41, 5.74) is 0.674. The van der Waals surface area contributed by atoms with Gasteiger partial charge >= 0.3 is 6.18 Å². The number of methoxy groups -OCH3 is 1. The van der Waals surface area contributed by atoms with Crippen LogP contribution in [0, 0.1) is 0 Å². The van der Waals surface area contributed by atoms with Crippen LogP contribution in [0.2, 0.25) is 10.0 Å². The minimum absolute atomic E-state index is 0.0462. The fraction of sp³-hybridized carbons (Fsp3) is 0.500. The molecule has 8 heteroatoms. The maximum absolute atomic E-state index is 11.9. The summed E-state index contributed by atoms with van der Waals surface area (Å²) < 4.78 is 45.3. The van der Waals surface area contributed by atoms with Crippen LogP contribution in [0.5, 0.6) is 5.75 Å². The van der Waals surface area contributed by atoms with E-state index in [0.29, 0.717) is 27.8 Å². The molecule has 0 bridgehead atoms. The van der Waals surface area contributed by atoms with Crippen LogP contribution in [0.4, 0.5) is 13.2 Å². The molecule has 114 valence electrons. The number of hydrogen-bond acceptors (Lipinski definition) is 2. The zero-order valence-electron chi connectivity index (χ0n) is 10.4. The highest BCUT2D eigenvalue weighted by Gasteiger charge is 2.27. The van der Waals surface area contributed by atoms with Gasteiger partial charge in [0.2, 0.25) is 0 Å². The molecule has 0 radical (unpaired) electrons. The molecule has 1 aromatic rings. The van der Waals surface area contributed by atoms with Crippen LogP contribution in [-0.2, 0) is 4.74 Å². The van der Waals surface area contributed by atoms with Crippen LogP contribution in [0.25, 0.3) is 0 Å². The second-order valence-corrected chi connectivity index (χ2v) is 5.85. The van der Waals surface area contributed by atoms with E-state index >= 15 is 0 Å². The van der Waals surface area contributed by atoms with Gasteiger partial charge in [0, 0.05) is 22.5 Å². The summed E-state index contributed by atoms with van der Waals surface area (Å²) >= 11 is 15.4. The van der Waals surface area contributed by atoms with Crippen molar-refractivity contribution in [2.24, 2.45) is 0 Å². The first-order valence-electron chi connectivity index (χ1n) is 5.56. The molecule has 1 unspecified atom stereocenters. The lowest BCUT2D eigenvalue weighted by atomic mass is 10.1. The first kappa shape index (κ1) is 17.9. The van der Waals surface area contributed by atoms with Gasteiger partial charge in [0.05, 0.1) is 12.1 Å². The van der Waals surface area contributed by atoms with Gasteiger partial charge < -0.3 is 9.47 Å². The van der Waals surface area contributed by atoms with Crippen molar-refractivity contribution in [2.45, 2.75) is 17.4 Å². The van der Waals surface area contributed by atoms with Crippen molar-refractivity contribution in [3.8, 4) is 5.75 Å².